The summed E-state index contributed by atoms with van der Waals surface area (Å²) in [4.78, 5) is 2.43. The molecule has 0 fully saturated rings. The predicted octanol–water partition coefficient (Wildman–Crippen LogP) is 14.1. The third kappa shape index (κ3) is 4.74. The summed E-state index contributed by atoms with van der Waals surface area (Å²) in [5, 5.41) is 2.60. The molecule has 0 aliphatic heterocycles. The number of rotatable bonds is 5. The van der Waals surface area contributed by atoms with Crippen molar-refractivity contribution in [3.63, 3.8) is 0 Å². The molecule has 0 spiro atoms. The molecule has 0 N–H and O–H groups in total. The van der Waals surface area contributed by atoms with Gasteiger partial charge < -0.3 is 4.90 Å². The highest BCUT2D eigenvalue weighted by atomic mass is 32.1. The van der Waals surface area contributed by atoms with Gasteiger partial charge in [-0.25, -0.2) is 0 Å². The smallest absolute Gasteiger partial charge is 0.0554 e. The van der Waals surface area contributed by atoms with Crippen molar-refractivity contribution < 1.29 is 0 Å². The van der Waals surface area contributed by atoms with Gasteiger partial charge in [0, 0.05) is 31.5 Å². The molecule has 1 nitrogen and oxygen atoms in total. The van der Waals surface area contributed by atoms with Gasteiger partial charge in [-0.1, -0.05) is 137 Å². The summed E-state index contributed by atoms with van der Waals surface area (Å²) in [6.45, 7) is 9.69. The summed E-state index contributed by atoms with van der Waals surface area (Å²) in [7, 11) is 0. The van der Waals surface area contributed by atoms with E-state index in [1.807, 2.05) is 11.3 Å². The molecule has 2 heteroatoms. The largest absolute Gasteiger partial charge is 0.310 e. The van der Waals surface area contributed by atoms with Gasteiger partial charge in [-0.2, -0.15) is 0 Å². The van der Waals surface area contributed by atoms with Crippen LogP contribution in [0.5, 0.6) is 0 Å². The molecule has 0 amide bonds. The number of fused-ring (bicyclic) bond motifs is 6. The van der Waals surface area contributed by atoms with Gasteiger partial charge in [0.15, 0.2) is 0 Å². The van der Waals surface area contributed by atoms with Crippen LogP contribution in [0.3, 0.4) is 0 Å². The Hall–Kier alpha value is -5.44. The van der Waals surface area contributed by atoms with Crippen molar-refractivity contribution >= 4 is 48.6 Å². The molecule has 0 radical (unpaired) electrons. The van der Waals surface area contributed by atoms with E-state index in [-0.39, 0.29) is 10.8 Å². The van der Waals surface area contributed by atoms with Gasteiger partial charge in [-0.15, -0.1) is 11.3 Å². The van der Waals surface area contributed by atoms with Crippen LogP contribution in [-0.4, -0.2) is 0 Å². The summed E-state index contributed by atoms with van der Waals surface area (Å²) >= 11 is 1.86. The fourth-order valence-corrected chi connectivity index (χ4v) is 9.15. The lowest BCUT2D eigenvalue weighted by atomic mass is 9.55. The minimum absolute atomic E-state index is 0.0767. The molecule has 7 aromatic carbocycles. The van der Waals surface area contributed by atoms with Crippen LogP contribution in [0.1, 0.15) is 38.8 Å². The van der Waals surface area contributed by atoms with Crippen molar-refractivity contribution in [2.24, 2.45) is 0 Å². The third-order valence-electron chi connectivity index (χ3n) is 11.4. The Labute approximate surface area is 299 Å². The first-order valence-electron chi connectivity index (χ1n) is 17.5. The lowest BCUT2D eigenvalue weighted by molar-refractivity contribution is 0.299. The summed E-state index contributed by atoms with van der Waals surface area (Å²) in [5.74, 6) is 0. The number of nitrogens with zero attached hydrogens (tertiary/aromatic N) is 1. The second kappa shape index (κ2) is 11.6. The van der Waals surface area contributed by atoms with Crippen LogP contribution in [0, 0.1) is 0 Å². The van der Waals surface area contributed by atoms with E-state index in [0.29, 0.717) is 0 Å². The first-order valence-corrected chi connectivity index (χ1v) is 18.3. The zero-order valence-electron chi connectivity index (χ0n) is 28.9. The van der Waals surface area contributed by atoms with E-state index in [0.717, 1.165) is 11.4 Å². The molecular weight excluding hydrogens is 623 g/mol. The molecule has 0 atom stereocenters. The van der Waals surface area contributed by atoms with Gasteiger partial charge >= 0.3 is 0 Å². The first-order chi connectivity index (χ1) is 24.3. The lowest BCUT2D eigenvalue weighted by Crippen LogP contribution is -2.43. The molecule has 0 unspecified atom stereocenters. The number of benzene rings is 7. The minimum atomic E-state index is -0.0933. The van der Waals surface area contributed by atoms with Gasteiger partial charge in [-0.05, 0) is 110 Å². The average molecular weight is 662 g/mol. The second-order valence-electron chi connectivity index (χ2n) is 14.6. The Morgan fingerprint density at radius 3 is 1.64 bits per heavy atom. The van der Waals surface area contributed by atoms with Crippen LogP contribution < -0.4 is 4.90 Å². The van der Waals surface area contributed by atoms with Gasteiger partial charge in [0.25, 0.3) is 0 Å². The number of thiophene rings is 1. The Kier molecular flexibility index (Phi) is 7.09. The number of para-hydroxylation sites is 1. The number of hydrogen-bond donors (Lipinski definition) is 0. The Balaban J connectivity index is 1.18. The van der Waals surface area contributed by atoms with E-state index in [9.17, 15) is 0 Å². The van der Waals surface area contributed by atoms with Crippen LogP contribution in [0.4, 0.5) is 17.1 Å². The minimum Gasteiger partial charge on any atom is -0.310 e. The van der Waals surface area contributed by atoms with Gasteiger partial charge in [0.05, 0.1) is 5.69 Å². The highest BCUT2D eigenvalue weighted by molar-refractivity contribution is 7.26. The summed E-state index contributed by atoms with van der Waals surface area (Å²) in [6, 6.07) is 60.3. The normalized spacial score (nSPS) is 14.3. The van der Waals surface area contributed by atoms with Crippen molar-refractivity contribution in [1.29, 1.82) is 0 Å². The molecular formula is C48H39NS. The molecule has 0 bridgehead atoms. The molecule has 0 saturated heterocycles. The van der Waals surface area contributed by atoms with Crippen LogP contribution in [0.2, 0.25) is 0 Å². The van der Waals surface area contributed by atoms with E-state index in [2.05, 4.69) is 196 Å². The van der Waals surface area contributed by atoms with E-state index < -0.39 is 0 Å². The van der Waals surface area contributed by atoms with E-state index in [4.69, 9.17) is 0 Å². The number of hydrogen-bond acceptors (Lipinski definition) is 2. The maximum absolute atomic E-state index is 2.46. The maximum atomic E-state index is 2.46. The predicted molar refractivity (Wildman–Crippen MR) is 216 cm³/mol. The average Bonchev–Trinajstić information content (AvgIpc) is 3.54. The fourth-order valence-electron chi connectivity index (χ4n) is 8.03. The second-order valence-corrected chi connectivity index (χ2v) is 15.7. The highest BCUT2D eigenvalue weighted by Gasteiger charge is 2.46. The Bertz CT molecular complexity index is 2540. The van der Waals surface area contributed by atoms with Crippen molar-refractivity contribution in [2.45, 2.75) is 38.5 Å². The summed E-state index contributed by atoms with van der Waals surface area (Å²) in [6.07, 6.45) is 0. The van der Waals surface area contributed by atoms with Gasteiger partial charge in [0.1, 0.15) is 0 Å². The zero-order valence-corrected chi connectivity index (χ0v) is 29.8. The van der Waals surface area contributed by atoms with Crippen LogP contribution in [0.15, 0.2) is 164 Å². The molecule has 1 aliphatic rings. The van der Waals surface area contributed by atoms with E-state index in [1.165, 1.54) is 70.4 Å². The van der Waals surface area contributed by atoms with Crippen LogP contribution in [0.25, 0.3) is 53.6 Å². The topological polar surface area (TPSA) is 3.24 Å². The third-order valence-corrected chi connectivity index (χ3v) is 12.6. The lowest BCUT2D eigenvalue weighted by Gasteiger charge is -2.48. The SMILES string of the molecule is CC1(C)c2cc(-c3ccccc3)ccc2-c2ccc(-c3cccc(N(c4ccccc4)c4cccc5sc6ccccc6c45)c3)cc2C1(C)C. The molecule has 0 saturated carbocycles. The fraction of sp³-hybridized carbons (Fsp3) is 0.125. The maximum Gasteiger partial charge on any atom is 0.0554 e. The highest BCUT2D eigenvalue weighted by Crippen LogP contribution is 2.55. The van der Waals surface area contributed by atoms with Crippen LogP contribution in [-0.2, 0) is 10.8 Å². The molecule has 8 aromatic rings. The monoisotopic (exact) mass is 661 g/mol. The molecule has 9 rings (SSSR count). The van der Waals surface area contributed by atoms with Crippen molar-refractivity contribution in [3.8, 4) is 33.4 Å². The first kappa shape index (κ1) is 30.6. The van der Waals surface area contributed by atoms with Crippen molar-refractivity contribution in [3.05, 3.63) is 175 Å². The summed E-state index contributed by atoms with van der Waals surface area (Å²) in [5.41, 5.74) is 13.8. The van der Waals surface area contributed by atoms with Crippen molar-refractivity contribution in [1.82, 2.24) is 0 Å². The van der Waals surface area contributed by atoms with Crippen molar-refractivity contribution in [2.75, 3.05) is 4.90 Å². The zero-order chi connectivity index (χ0) is 34.0. The van der Waals surface area contributed by atoms with Gasteiger partial charge in [-0.3, -0.25) is 0 Å². The van der Waals surface area contributed by atoms with Gasteiger partial charge in [0.2, 0.25) is 0 Å². The Morgan fingerprint density at radius 2 is 0.940 bits per heavy atom. The molecule has 50 heavy (non-hydrogen) atoms. The quantitative estimate of drug-likeness (QED) is 0.177. The Morgan fingerprint density at radius 1 is 0.420 bits per heavy atom. The number of anilines is 3. The van der Waals surface area contributed by atoms with E-state index in [1.54, 1.807) is 0 Å². The van der Waals surface area contributed by atoms with E-state index >= 15 is 0 Å². The standard InChI is InChI=1S/C48H39NS/c1-47(2)41-30-34(32-15-7-5-8-16-32)25-27-38(41)39-28-26-35(31-42(39)48(47,3)4)33-17-13-20-37(29-33)49(36-18-9-6-10-19-36)43-22-14-24-45-46(43)40-21-11-12-23-44(40)50-45/h5-31H,1-4H3. The molecule has 242 valence electrons. The summed E-state index contributed by atoms with van der Waals surface area (Å²) < 4.78 is 2.62. The molecule has 1 heterocycles. The molecule has 1 aliphatic carbocycles. The van der Waals surface area contributed by atoms with Crippen LogP contribution >= 0.6 is 11.3 Å². The molecule has 1 aromatic heterocycles.